The van der Waals surface area contributed by atoms with Gasteiger partial charge in [0, 0.05) is 0 Å². The van der Waals surface area contributed by atoms with Gasteiger partial charge in [-0.3, -0.25) is 0 Å². The molecule has 0 aromatic carbocycles. The molecule has 0 bridgehead atoms. The van der Waals surface area contributed by atoms with E-state index in [0.717, 1.165) is 6.42 Å². The zero-order chi connectivity index (χ0) is 5.41. The quantitative estimate of drug-likeness (QED) is 0.382. The van der Waals surface area contributed by atoms with Crippen molar-refractivity contribution in [2.45, 2.75) is 13.3 Å². The first-order valence-electron chi connectivity index (χ1n) is 2.21. The Bertz CT molecular complexity index is 14.4. The molecule has 48 valence electrons. The van der Waals surface area contributed by atoms with E-state index in [0.29, 0.717) is 0 Å². The monoisotopic (exact) mass is 240 g/mol. The van der Waals surface area contributed by atoms with E-state index in [1.165, 1.54) is 0 Å². The van der Waals surface area contributed by atoms with Gasteiger partial charge in [0.25, 0.3) is 0 Å². The predicted octanol–water partition coefficient (Wildman–Crippen LogP) is 1.30. The summed E-state index contributed by atoms with van der Waals surface area (Å²) in [5, 5.41) is 2.75. The van der Waals surface area contributed by atoms with Crippen LogP contribution in [0.15, 0.2) is 0 Å². The number of hydrogen-bond donors (Lipinski definition) is 1. The normalized spacial score (nSPS) is 4.50. The summed E-state index contributed by atoms with van der Waals surface area (Å²) < 4.78 is 0. The molecule has 0 atom stereocenters. The Hall–Kier alpha value is 1.46. The molecule has 1 N–H and O–H groups in total. The van der Waals surface area contributed by atoms with Crippen molar-refractivity contribution in [1.29, 1.82) is 0 Å². The van der Waals surface area contributed by atoms with Crippen LogP contribution in [0.3, 0.4) is 0 Å². The van der Waals surface area contributed by atoms with Gasteiger partial charge in [-0.05, 0) is 14.1 Å². The van der Waals surface area contributed by atoms with Crippen molar-refractivity contribution in [2.75, 3.05) is 14.1 Å². The second-order valence-corrected chi connectivity index (χ2v) is 1.000. The van der Waals surface area contributed by atoms with Crippen LogP contribution in [0.2, 0.25) is 0 Å². The van der Waals surface area contributed by atoms with Crippen LogP contribution in [0.4, 0.5) is 0 Å². The second-order valence-electron chi connectivity index (χ2n) is 1.000. The van der Waals surface area contributed by atoms with Gasteiger partial charge in [0.2, 0.25) is 0 Å². The molecule has 0 spiro atoms. The minimum absolute atomic E-state index is 0. The molecule has 0 aromatic rings. The summed E-state index contributed by atoms with van der Waals surface area (Å²) in [7, 11) is 3.75. The first kappa shape index (κ1) is 22.7. The van der Waals surface area contributed by atoms with Crippen molar-refractivity contribution in [1.82, 2.24) is 5.32 Å². The molecule has 0 aliphatic heterocycles. The maximum Gasteiger partial charge on any atom is 2.00 e. The third-order valence-electron chi connectivity index (χ3n) is 0. The van der Waals surface area contributed by atoms with E-state index in [-0.39, 0.29) is 47.0 Å². The molecular weight excluding hydrogens is 225 g/mol. The molecule has 0 unspecified atom stereocenters. The Morgan fingerprint density at radius 2 is 1.38 bits per heavy atom. The second kappa shape index (κ2) is 39.4. The van der Waals surface area contributed by atoms with Crippen LogP contribution < -0.4 is 5.32 Å². The maximum atomic E-state index is 3.49. The fourth-order valence-corrected chi connectivity index (χ4v) is 0. The fraction of sp³-hybridized carbons (Fsp3) is 0.800. The average molecular weight is 240 g/mol. The molecule has 0 radical (unpaired) electrons. The minimum atomic E-state index is 0. The molecule has 0 aromatic heterocycles. The van der Waals surface area contributed by atoms with Gasteiger partial charge in [-0.1, -0.05) is 6.92 Å². The van der Waals surface area contributed by atoms with E-state index in [4.69, 9.17) is 0 Å². The van der Waals surface area contributed by atoms with Crippen LogP contribution >= 0.6 is 24.0 Å². The zero-order valence-electron chi connectivity index (χ0n) is 6.03. The van der Waals surface area contributed by atoms with Gasteiger partial charge in [-0.2, -0.15) is 6.42 Å². The summed E-state index contributed by atoms with van der Waals surface area (Å²) in [6.07, 6.45) is 1.00. The molecule has 0 fully saturated rings. The molecule has 0 amide bonds. The smallest absolute Gasteiger partial charge is 0.344 e. The van der Waals surface area contributed by atoms with Gasteiger partial charge in [-0.15, -0.1) is 24.0 Å². The Morgan fingerprint density at radius 3 is 1.38 bits per heavy atom. The molecule has 8 heavy (non-hydrogen) atoms. The fourth-order valence-electron chi connectivity index (χ4n) is 0. The molecular formula is C5H15IMgN+. The molecule has 0 saturated heterocycles. The summed E-state index contributed by atoms with van der Waals surface area (Å²) in [4.78, 5) is 0. The van der Waals surface area contributed by atoms with E-state index in [2.05, 4.69) is 12.2 Å². The van der Waals surface area contributed by atoms with Crippen LogP contribution in [-0.4, -0.2) is 37.1 Å². The van der Waals surface area contributed by atoms with Gasteiger partial charge >= 0.3 is 23.1 Å². The van der Waals surface area contributed by atoms with E-state index in [9.17, 15) is 0 Å². The molecule has 1 nitrogen and oxygen atoms in total. The summed E-state index contributed by atoms with van der Waals surface area (Å²) in [6, 6.07) is 0. The molecule has 0 saturated carbocycles. The molecule has 0 rings (SSSR count). The Kier molecular flexibility index (Phi) is 112. The van der Waals surface area contributed by atoms with Crippen LogP contribution in [0.1, 0.15) is 13.3 Å². The first-order chi connectivity index (χ1) is 2.83. The van der Waals surface area contributed by atoms with Crippen molar-refractivity contribution in [3.8, 4) is 0 Å². The van der Waals surface area contributed by atoms with Crippen molar-refractivity contribution in [3.05, 3.63) is 6.92 Å². The standard InChI is InChI=1S/C3H7.C2H7N.HI.Mg/c2*1-3-2;;/h1,3H2,2H3;3H,1-2H3;1H;/q-1;;;+2. The third kappa shape index (κ3) is 147. The van der Waals surface area contributed by atoms with E-state index < -0.39 is 0 Å². The van der Waals surface area contributed by atoms with Crippen LogP contribution in [-0.2, 0) is 0 Å². The number of nitrogens with one attached hydrogen (secondary N) is 1. The zero-order valence-corrected chi connectivity index (χ0v) is 9.77. The van der Waals surface area contributed by atoms with Crippen molar-refractivity contribution in [2.24, 2.45) is 0 Å². The van der Waals surface area contributed by atoms with Gasteiger partial charge in [0.1, 0.15) is 0 Å². The Balaban J connectivity index is -0.0000000160. The van der Waals surface area contributed by atoms with E-state index in [1.807, 2.05) is 21.0 Å². The molecule has 0 aliphatic carbocycles. The average Bonchev–Trinajstić information content (AvgIpc) is 1.39. The molecule has 3 heteroatoms. The number of halogens is 1. The van der Waals surface area contributed by atoms with Crippen molar-refractivity contribution in [3.63, 3.8) is 0 Å². The van der Waals surface area contributed by atoms with E-state index >= 15 is 0 Å². The minimum Gasteiger partial charge on any atom is -0.344 e. The van der Waals surface area contributed by atoms with E-state index in [1.54, 1.807) is 0 Å². The summed E-state index contributed by atoms with van der Waals surface area (Å²) in [6.45, 7) is 5.50. The number of rotatable bonds is 0. The van der Waals surface area contributed by atoms with Gasteiger partial charge in [0.15, 0.2) is 0 Å². The third-order valence-corrected chi connectivity index (χ3v) is 0. The van der Waals surface area contributed by atoms with Crippen LogP contribution in [0.5, 0.6) is 0 Å². The Labute approximate surface area is 86.2 Å². The topological polar surface area (TPSA) is 12.0 Å². The van der Waals surface area contributed by atoms with Gasteiger partial charge in [0.05, 0.1) is 0 Å². The maximum absolute atomic E-state index is 3.49. The van der Waals surface area contributed by atoms with Crippen LogP contribution in [0, 0.1) is 6.92 Å². The van der Waals surface area contributed by atoms with Gasteiger partial charge < -0.3 is 12.2 Å². The predicted molar refractivity (Wildman–Crippen MR) is 51.8 cm³/mol. The summed E-state index contributed by atoms with van der Waals surface area (Å²) in [5.41, 5.74) is 0. The number of hydrogen-bond acceptors (Lipinski definition) is 1. The SMILES string of the molecule is CNC.I.[CH2-]CC.[Mg+2]. The first-order valence-corrected chi connectivity index (χ1v) is 2.21. The summed E-state index contributed by atoms with van der Waals surface area (Å²) >= 11 is 0. The Morgan fingerprint density at radius 1 is 1.38 bits per heavy atom. The van der Waals surface area contributed by atoms with Crippen LogP contribution in [0.25, 0.3) is 0 Å². The molecule has 0 heterocycles. The van der Waals surface area contributed by atoms with Crippen molar-refractivity contribution < 1.29 is 0 Å². The molecule has 0 aliphatic rings. The largest absolute Gasteiger partial charge is 2.00 e. The van der Waals surface area contributed by atoms with Gasteiger partial charge in [-0.25, -0.2) is 0 Å². The van der Waals surface area contributed by atoms with Crippen molar-refractivity contribution >= 4 is 47.0 Å². The summed E-state index contributed by atoms with van der Waals surface area (Å²) in [5.74, 6) is 0.